The first-order chi connectivity index (χ1) is 17.1. The number of Topliss-reactive ketones (excluding diaryl/α,β-unsaturated/α-hetero) is 1. The summed E-state index contributed by atoms with van der Waals surface area (Å²) in [6.07, 6.45) is 2.70. The van der Waals surface area contributed by atoms with E-state index in [1.807, 2.05) is 13.0 Å². The molecule has 3 amide bonds. The van der Waals surface area contributed by atoms with Gasteiger partial charge in [-0.3, -0.25) is 19.2 Å². The highest BCUT2D eigenvalue weighted by Gasteiger charge is 2.53. The van der Waals surface area contributed by atoms with Crippen LogP contribution in [0, 0.1) is 11.8 Å². The summed E-state index contributed by atoms with van der Waals surface area (Å²) in [5.41, 5.74) is 1.24. The van der Waals surface area contributed by atoms with Gasteiger partial charge in [0.25, 0.3) is 17.7 Å². The predicted molar refractivity (Wildman–Crippen MR) is 139 cm³/mol. The molecule has 3 atom stereocenters. The largest absolute Gasteiger partial charge is 0.292 e. The highest BCUT2D eigenvalue weighted by Crippen LogP contribution is 2.40. The van der Waals surface area contributed by atoms with E-state index in [9.17, 15) is 19.2 Å². The van der Waals surface area contributed by atoms with Crippen LogP contribution in [0.1, 0.15) is 46.9 Å². The molecule has 0 spiro atoms. The van der Waals surface area contributed by atoms with Crippen molar-refractivity contribution >= 4 is 69.9 Å². The molecule has 0 N–H and O–H groups in total. The summed E-state index contributed by atoms with van der Waals surface area (Å²) in [5, 5.41) is 2.53. The number of hydrogen-bond donors (Lipinski definition) is 0. The van der Waals surface area contributed by atoms with Gasteiger partial charge in [0.15, 0.2) is 5.78 Å². The number of alkyl halides is 1. The van der Waals surface area contributed by atoms with Gasteiger partial charge in [-0.2, -0.15) is 5.01 Å². The summed E-state index contributed by atoms with van der Waals surface area (Å²) in [6, 6.07) is 9.13. The van der Waals surface area contributed by atoms with E-state index in [0.29, 0.717) is 22.9 Å². The van der Waals surface area contributed by atoms with Crippen LogP contribution in [0.15, 0.2) is 54.1 Å². The number of amides is 3. The highest BCUT2D eigenvalue weighted by molar-refractivity contribution is 6.37. The minimum atomic E-state index is -1.25. The summed E-state index contributed by atoms with van der Waals surface area (Å²) in [7, 11) is 0. The fourth-order valence-electron chi connectivity index (χ4n) is 4.66. The SMILES string of the molecule is CC1=CC[C@@H]2C(=O)N(N(C(=O)c3ccc(Cl)cc3Cl)[C@H](CCCl)C(=O)c3ccc(Cl)cc3)C(=O)[C@H]2C1. The van der Waals surface area contributed by atoms with Crippen molar-refractivity contribution in [2.75, 3.05) is 5.88 Å². The van der Waals surface area contributed by atoms with Crippen molar-refractivity contribution in [2.45, 2.75) is 32.2 Å². The number of fused-ring (bicyclic) bond motifs is 1. The Morgan fingerprint density at radius 1 is 1.00 bits per heavy atom. The second-order valence-corrected chi connectivity index (χ2v) is 10.5. The number of benzene rings is 2. The summed E-state index contributed by atoms with van der Waals surface area (Å²) < 4.78 is 0. The van der Waals surface area contributed by atoms with Crippen LogP contribution in [0.3, 0.4) is 0 Å². The smallest absolute Gasteiger partial charge is 0.275 e. The molecule has 1 heterocycles. The maximum absolute atomic E-state index is 14.0. The average Bonchev–Trinajstić information content (AvgIpc) is 3.08. The zero-order valence-electron chi connectivity index (χ0n) is 19.2. The average molecular weight is 568 g/mol. The van der Waals surface area contributed by atoms with Crippen molar-refractivity contribution in [1.29, 1.82) is 0 Å². The van der Waals surface area contributed by atoms with Gasteiger partial charge in [-0.15, -0.1) is 11.6 Å². The monoisotopic (exact) mass is 566 g/mol. The van der Waals surface area contributed by atoms with Crippen LogP contribution >= 0.6 is 46.4 Å². The van der Waals surface area contributed by atoms with Crippen LogP contribution in [0.4, 0.5) is 0 Å². The molecular formula is C26H22Cl4N2O4. The molecule has 36 heavy (non-hydrogen) atoms. The summed E-state index contributed by atoms with van der Waals surface area (Å²) in [4.78, 5) is 54.8. The molecule has 1 saturated heterocycles. The van der Waals surface area contributed by atoms with Crippen molar-refractivity contribution in [3.8, 4) is 0 Å². The van der Waals surface area contributed by atoms with E-state index in [-0.39, 0.29) is 28.5 Å². The number of carbonyl (C=O) groups excluding carboxylic acids is 4. The number of nitrogens with zero attached hydrogens (tertiary/aromatic N) is 2. The molecule has 1 aliphatic carbocycles. The van der Waals surface area contributed by atoms with E-state index in [0.717, 1.165) is 15.6 Å². The number of allylic oxidation sites excluding steroid dienone is 2. The molecule has 0 unspecified atom stereocenters. The number of halogens is 4. The molecule has 1 fully saturated rings. The van der Waals surface area contributed by atoms with Crippen LogP contribution in [0.25, 0.3) is 0 Å². The van der Waals surface area contributed by atoms with Crippen LogP contribution in [0.2, 0.25) is 15.1 Å². The minimum absolute atomic E-state index is 0.00526. The molecule has 0 bridgehead atoms. The normalized spacial score (nSPS) is 20.1. The lowest BCUT2D eigenvalue weighted by atomic mass is 9.82. The van der Waals surface area contributed by atoms with Crippen molar-refractivity contribution in [3.05, 3.63) is 80.3 Å². The van der Waals surface area contributed by atoms with Gasteiger partial charge in [0.1, 0.15) is 6.04 Å². The molecule has 2 aliphatic rings. The molecular weight excluding hydrogens is 546 g/mol. The van der Waals surface area contributed by atoms with Gasteiger partial charge in [-0.05, 0) is 68.7 Å². The molecule has 0 saturated carbocycles. The van der Waals surface area contributed by atoms with Gasteiger partial charge in [-0.25, -0.2) is 5.01 Å². The van der Waals surface area contributed by atoms with E-state index in [4.69, 9.17) is 46.4 Å². The van der Waals surface area contributed by atoms with E-state index in [2.05, 4.69) is 0 Å². The topological polar surface area (TPSA) is 74.8 Å². The number of carbonyl (C=O) groups is 4. The molecule has 2 aromatic rings. The molecule has 0 aromatic heterocycles. The van der Waals surface area contributed by atoms with Crippen LogP contribution in [0.5, 0.6) is 0 Å². The Morgan fingerprint density at radius 3 is 2.28 bits per heavy atom. The van der Waals surface area contributed by atoms with Gasteiger partial charge < -0.3 is 0 Å². The minimum Gasteiger partial charge on any atom is -0.292 e. The van der Waals surface area contributed by atoms with E-state index >= 15 is 0 Å². The predicted octanol–water partition coefficient (Wildman–Crippen LogP) is 6.23. The lowest BCUT2D eigenvalue weighted by Crippen LogP contribution is -2.57. The Bertz CT molecular complexity index is 1260. The van der Waals surface area contributed by atoms with E-state index < -0.39 is 41.4 Å². The summed E-state index contributed by atoms with van der Waals surface area (Å²) in [6.45, 7) is 1.90. The van der Waals surface area contributed by atoms with Crippen LogP contribution in [-0.2, 0) is 9.59 Å². The van der Waals surface area contributed by atoms with Crippen LogP contribution < -0.4 is 0 Å². The molecule has 0 radical (unpaired) electrons. The van der Waals surface area contributed by atoms with Gasteiger partial charge in [0, 0.05) is 21.5 Å². The number of hydrogen-bond acceptors (Lipinski definition) is 4. The molecule has 1 aliphatic heterocycles. The van der Waals surface area contributed by atoms with Gasteiger partial charge in [0.2, 0.25) is 0 Å². The maximum Gasteiger partial charge on any atom is 0.275 e. The molecule has 10 heteroatoms. The third kappa shape index (κ3) is 5.05. The number of hydrazine groups is 1. The summed E-state index contributed by atoms with van der Waals surface area (Å²) in [5.74, 6) is -3.56. The van der Waals surface area contributed by atoms with Crippen molar-refractivity contribution < 1.29 is 19.2 Å². The van der Waals surface area contributed by atoms with E-state index in [1.54, 1.807) is 12.1 Å². The highest BCUT2D eigenvalue weighted by atomic mass is 35.5. The molecule has 188 valence electrons. The molecule has 6 nitrogen and oxygen atoms in total. The lowest BCUT2D eigenvalue weighted by Gasteiger charge is -2.36. The third-order valence-electron chi connectivity index (χ3n) is 6.49. The molecule has 2 aromatic carbocycles. The quantitative estimate of drug-likeness (QED) is 0.172. The molecule has 4 rings (SSSR count). The first-order valence-electron chi connectivity index (χ1n) is 11.3. The lowest BCUT2D eigenvalue weighted by molar-refractivity contribution is -0.156. The number of rotatable bonds is 7. The second-order valence-electron chi connectivity index (χ2n) is 8.83. The van der Waals surface area contributed by atoms with Gasteiger partial charge in [-0.1, -0.05) is 46.5 Å². The van der Waals surface area contributed by atoms with E-state index in [1.165, 1.54) is 30.3 Å². The zero-order valence-corrected chi connectivity index (χ0v) is 22.2. The Hall–Kier alpha value is -2.38. The van der Waals surface area contributed by atoms with Gasteiger partial charge >= 0.3 is 0 Å². The summed E-state index contributed by atoms with van der Waals surface area (Å²) >= 11 is 24.4. The zero-order chi connectivity index (χ0) is 26.1. The number of imide groups is 1. The Kier molecular flexibility index (Phi) is 8.10. The van der Waals surface area contributed by atoms with Gasteiger partial charge in [0.05, 0.1) is 22.4 Å². The van der Waals surface area contributed by atoms with Crippen molar-refractivity contribution in [3.63, 3.8) is 0 Å². The standard InChI is InChI=1S/C26H22Cl4N2O4/c1-14-2-8-18-20(12-14)26(36)32(24(18)34)31(25(35)19-9-7-17(29)13-21(19)30)22(10-11-27)23(33)15-3-5-16(28)6-4-15/h2-7,9,13,18,20,22H,8,10-12H2,1H3/t18-,20-,22+/m0/s1. The Labute approximate surface area is 228 Å². The fraction of sp³-hybridized carbons (Fsp3) is 0.308. The fourth-order valence-corrected chi connectivity index (χ4v) is 5.49. The Balaban J connectivity index is 1.83. The Morgan fingerprint density at radius 2 is 1.64 bits per heavy atom. The van der Waals surface area contributed by atoms with Crippen molar-refractivity contribution in [1.82, 2.24) is 10.0 Å². The van der Waals surface area contributed by atoms with Crippen molar-refractivity contribution in [2.24, 2.45) is 11.8 Å². The maximum atomic E-state index is 14.0. The number of ketones is 1. The second kappa shape index (κ2) is 10.9. The third-order valence-corrected chi connectivity index (χ3v) is 7.51. The van der Waals surface area contributed by atoms with Crippen LogP contribution in [-0.4, -0.2) is 45.4 Å². The first kappa shape index (κ1) is 26.7. The first-order valence-corrected chi connectivity index (χ1v) is 13.0.